The Kier molecular flexibility index (Phi) is 3.89. The van der Waals surface area contributed by atoms with Gasteiger partial charge in [0.05, 0.1) is 16.5 Å². The summed E-state index contributed by atoms with van der Waals surface area (Å²) in [5.41, 5.74) is 0.325. The summed E-state index contributed by atoms with van der Waals surface area (Å²) >= 11 is 4.95. The SMILES string of the molecule is N#Cc1c(I)ccc(O)c1C(=O)CBr. The summed E-state index contributed by atoms with van der Waals surface area (Å²) in [4.78, 5) is 11.4. The fraction of sp³-hybridized carbons (Fsp3) is 0.111. The Labute approximate surface area is 103 Å². The molecule has 0 fully saturated rings. The van der Waals surface area contributed by atoms with Gasteiger partial charge in [-0.3, -0.25) is 4.79 Å². The number of rotatable bonds is 2. The van der Waals surface area contributed by atoms with Crippen molar-refractivity contribution in [3.63, 3.8) is 0 Å². The third-order valence-electron chi connectivity index (χ3n) is 1.64. The minimum absolute atomic E-state index is 0.0926. The van der Waals surface area contributed by atoms with Gasteiger partial charge in [-0.25, -0.2) is 0 Å². The van der Waals surface area contributed by atoms with Crippen molar-refractivity contribution in [1.29, 1.82) is 5.26 Å². The number of phenols is 1. The summed E-state index contributed by atoms with van der Waals surface area (Å²) in [7, 11) is 0. The zero-order valence-electron chi connectivity index (χ0n) is 6.92. The van der Waals surface area contributed by atoms with E-state index >= 15 is 0 Å². The van der Waals surface area contributed by atoms with E-state index in [-0.39, 0.29) is 28.0 Å². The number of halogens is 2. The maximum absolute atomic E-state index is 11.4. The first-order valence-corrected chi connectivity index (χ1v) is 5.82. The average Bonchev–Trinajstić information content (AvgIpc) is 2.19. The van der Waals surface area contributed by atoms with Gasteiger partial charge < -0.3 is 5.11 Å². The molecule has 0 aliphatic carbocycles. The van der Waals surface area contributed by atoms with E-state index in [1.165, 1.54) is 6.07 Å². The highest BCUT2D eigenvalue weighted by molar-refractivity contribution is 14.1. The number of alkyl halides is 1. The molecule has 0 bridgehead atoms. The lowest BCUT2D eigenvalue weighted by Crippen LogP contribution is -2.05. The van der Waals surface area contributed by atoms with Gasteiger partial charge in [0.1, 0.15) is 11.8 Å². The van der Waals surface area contributed by atoms with Crippen molar-refractivity contribution in [2.24, 2.45) is 0 Å². The minimum atomic E-state index is -0.294. The summed E-state index contributed by atoms with van der Waals surface area (Å²) in [6, 6.07) is 4.92. The van der Waals surface area contributed by atoms with Gasteiger partial charge in [-0.15, -0.1) is 0 Å². The van der Waals surface area contributed by atoms with Crippen LogP contribution in [0.4, 0.5) is 0 Å². The van der Waals surface area contributed by atoms with E-state index < -0.39 is 0 Å². The summed E-state index contributed by atoms with van der Waals surface area (Å²) in [5, 5.41) is 18.4. The molecule has 0 spiro atoms. The highest BCUT2D eigenvalue weighted by Gasteiger charge is 2.17. The van der Waals surface area contributed by atoms with Gasteiger partial charge in [0.15, 0.2) is 5.78 Å². The van der Waals surface area contributed by atoms with Crippen LogP contribution in [0.1, 0.15) is 15.9 Å². The maximum atomic E-state index is 11.4. The number of nitriles is 1. The van der Waals surface area contributed by atoms with Crippen molar-refractivity contribution in [2.75, 3.05) is 5.33 Å². The minimum Gasteiger partial charge on any atom is -0.507 e. The molecule has 0 saturated carbocycles. The van der Waals surface area contributed by atoms with E-state index in [9.17, 15) is 9.90 Å². The van der Waals surface area contributed by atoms with Crippen LogP contribution >= 0.6 is 38.5 Å². The van der Waals surface area contributed by atoms with Crippen LogP contribution in [0.3, 0.4) is 0 Å². The number of nitrogens with zero attached hydrogens (tertiary/aromatic N) is 1. The number of hydrogen-bond donors (Lipinski definition) is 1. The Morgan fingerprint density at radius 1 is 1.64 bits per heavy atom. The molecule has 0 aliphatic rings. The summed E-state index contributed by atoms with van der Waals surface area (Å²) < 4.78 is 0.659. The maximum Gasteiger partial charge on any atom is 0.178 e. The number of carbonyl (C=O) groups excluding carboxylic acids is 1. The lowest BCUT2D eigenvalue weighted by Gasteiger charge is -2.05. The fourth-order valence-electron chi connectivity index (χ4n) is 1.02. The zero-order valence-corrected chi connectivity index (χ0v) is 10.7. The third kappa shape index (κ3) is 2.07. The molecule has 0 heterocycles. The number of aromatic hydroxyl groups is 1. The number of hydrogen-bond acceptors (Lipinski definition) is 3. The predicted molar refractivity (Wildman–Crippen MR) is 63.7 cm³/mol. The van der Waals surface area contributed by atoms with Gasteiger partial charge in [0, 0.05) is 3.57 Å². The molecule has 3 nitrogen and oxygen atoms in total. The lowest BCUT2D eigenvalue weighted by atomic mass is 10.0. The monoisotopic (exact) mass is 365 g/mol. The van der Waals surface area contributed by atoms with E-state index in [0.717, 1.165) is 0 Å². The van der Waals surface area contributed by atoms with Crippen LogP contribution in [0.25, 0.3) is 0 Å². The molecule has 14 heavy (non-hydrogen) atoms. The number of carbonyl (C=O) groups is 1. The van der Waals surface area contributed by atoms with Gasteiger partial charge in [-0.2, -0.15) is 5.26 Å². The Morgan fingerprint density at radius 3 is 2.79 bits per heavy atom. The van der Waals surface area contributed by atoms with Crippen molar-refractivity contribution in [2.45, 2.75) is 0 Å². The highest BCUT2D eigenvalue weighted by atomic mass is 127. The molecule has 0 amide bonds. The summed E-state index contributed by atoms with van der Waals surface area (Å²) in [6.07, 6.45) is 0. The molecule has 1 aromatic rings. The smallest absolute Gasteiger partial charge is 0.178 e. The average molecular weight is 366 g/mol. The van der Waals surface area contributed by atoms with Crippen molar-refractivity contribution in [3.05, 3.63) is 26.8 Å². The van der Waals surface area contributed by atoms with Crippen LogP contribution in [-0.2, 0) is 0 Å². The first-order valence-electron chi connectivity index (χ1n) is 3.62. The van der Waals surface area contributed by atoms with E-state index in [1.54, 1.807) is 6.07 Å². The Hall–Kier alpha value is -0.610. The molecule has 0 aromatic heterocycles. The largest absolute Gasteiger partial charge is 0.507 e. The Morgan fingerprint density at radius 2 is 2.29 bits per heavy atom. The van der Waals surface area contributed by atoms with Crippen LogP contribution in [0.5, 0.6) is 5.75 Å². The van der Waals surface area contributed by atoms with Gasteiger partial charge >= 0.3 is 0 Å². The zero-order chi connectivity index (χ0) is 10.7. The predicted octanol–water partition coefficient (Wildman–Crippen LogP) is 2.45. The first-order chi connectivity index (χ1) is 6.61. The molecular formula is C9H5BrINO2. The topological polar surface area (TPSA) is 61.1 Å². The van der Waals surface area contributed by atoms with Gasteiger partial charge in [0.2, 0.25) is 0 Å². The molecule has 0 saturated heterocycles. The van der Waals surface area contributed by atoms with E-state index in [0.29, 0.717) is 3.57 Å². The number of benzene rings is 1. The quantitative estimate of drug-likeness (QED) is 0.497. The van der Waals surface area contributed by atoms with E-state index in [2.05, 4.69) is 15.9 Å². The van der Waals surface area contributed by atoms with Crippen molar-refractivity contribution in [3.8, 4) is 11.8 Å². The second-order valence-electron chi connectivity index (χ2n) is 2.49. The molecule has 0 unspecified atom stereocenters. The van der Waals surface area contributed by atoms with Crippen LogP contribution < -0.4 is 0 Å². The van der Waals surface area contributed by atoms with Crippen molar-refractivity contribution in [1.82, 2.24) is 0 Å². The molecule has 1 aromatic carbocycles. The molecule has 0 radical (unpaired) electrons. The fourth-order valence-corrected chi connectivity index (χ4v) is 1.88. The van der Waals surface area contributed by atoms with Crippen molar-refractivity contribution < 1.29 is 9.90 Å². The number of Topliss-reactive ketones (excluding diaryl/α,β-unsaturated/α-hetero) is 1. The molecular weight excluding hydrogens is 361 g/mol. The normalized spacial score (nSPS) is 9.50. The number of ketones is 1. The van der Waals surface area contributed by atoms with Gasteiger partial charge in [-0.1, -0.05) is 15.9 Å². The molecule has 0 atom stereocenters. The third-order valence-corrected chi connectivity index (χ3v) is 3.05. The van der Waals surface area contributed by atoms with Gasteiger partial charge in [-0.05, 0) is 34.7 Å². The first kappa shape index (κ1) is 11.5. The van der Waals surface area contributed by atoms with Crippen LogP contribution in [0.15, 0.2) is 12.1 Å². The second kappa shape index (κ2) is 4.75. The van der Waals surface area contributed by atoms with Crippen LogP contribution in [0.2, 0.25) is 0 Å². The van der Waals surface area contributed by atoms with Crippen LogP contribution in [0, 0.1) is 14.9 Å². The molecule has 1 N–H and O–H groups in total. The van der Waals surface area contributed by atoms with Gasteiger partial charge in [0.25, 0.3) is 0 Å². The lowest BCUT2D eigenvalue weighted by molar-refractivity contribution is 0.102. The highest BCUT2D eigenvalue weighted by Crippen LogP contribution is 2.26. The Bertz CT molecular complexity index is 426. The Balaban J connectivity index is 3.47. The van der Waals surface area contributed by atoms with E-state index in [4.69, 9.17) is 5.26 Å². The van der Waals surface area contributed by atoms with Crippen LogP contribution in [-0.4, -0.2) is 16.2 Å². The van der Waals surface area contributed by atoms with Crippen molar-refractivity contribution >= 4 is 44.3 Å². The second-order valence-corrected chi connectivity index (χ2v) is 4.21. The summed E-state index contributed by atoms with van der Waals surface area (Å²) in [5.74, 6) is -0.441. The molecule has 0 aliphatic heterocycles. The molecule has 1 rings (SSSR count). The molecule has 72 valence electrons. The standard InChI is InChI=1S/C9H5BrINO2/c10-3-8(14)9-5(4-12)6(11)1-2-7(9)13/h1-2,13H,3H2. The number of phenolic OH excluding ortho intramolecular Hbond substituents is 1. The van der Waals surface area contributed by atoms with E-state index in [1.807, 2.05) is 28.7 Å². The summed E-state index contributed by atoms with van der Waals surface area (Å²) in [6.45, 7) is 0. The molecule has 5 heteroatoms.